The van der Waals surface area contributed by atoms with Gasteiger partial charge in [0.05, 0.1) is 13.7 Å². The number of aliphatic hydroxyl groups is 1. The third kappa shape index (κ3) is 4.42. The van der Waals surface area contributed by atoms with Gasteiger partial charge < -0.3 is 20.5 Å². The van der Waals surface area contributed by atoms with Gasteiger partial charge in [0.1, 0.15) is 5.75 Å². The standard InChI is InChI=1S/C15H24N2O3/c1-4-15(5-2,11-18)10-16-14(19)17-12-7-6-8-13(9-12)20-3/h6-9,18H,4-5,10-11H2,1-3H3,(H2,16,17,19). The Bertz CT molecular complexity index is 423. The first-order valence-corrected chi connectivity index (χ1v) is 6.89. The fraction of sp³-hybridized carbons (Fsp3) is 0.533. The van der Waals surface area contributed by atoms with E-state index < -0.39 is 0 Å². The van der Waals surface area contributed by atoms with Gasteiger partial charge in [-0.15, -0.1) is 0 Å². The number of hydrogen-bond acceptors (Lipinski definition) is 3. The maximum absolute atomic E-state index is 11.9. The molecule has 0 aliphatic carbocycles. The number of amides is 2. The van der Waals surface area contributed by atoms with Gasteiger partial charge in [0.2, 0.25) is 0 Å². The summed E-state index contributed by atoms with van der Waals surface area (Å²) < 4.78 is 5.10. The molecule has 0 radical (unpaired) electrons. The highest BCUT2D eigenvalue weighted by Crippen LogP contribution is 2.24. The van der Waals surface area contributed by atoms with Crippen molar-refractivity contribution in [3.8, 4) is 5.75 Å². The van der Waals surface area contributed by atoms with E-state index in [4.69, 9.17) is 4.74 Å². The van der Waals surface area contributed by atoms with Gasteiger partial charge in [-0.25, -0.2) is 4.79 Å². The van der Waals surface area contributed by atoms with Crippen molar-refractivity contribution < 1.29 is 14.6 Å². The van der Waals surface area contributed by atoms with Crippen LogP contribution in [-0.2, 0) is 0 Å². The number of methoxy groups -OCH3 is 1. The number of benzene rings is 1. The molecule has 1 aromatic carbocycles. The number of carbonyl (C=O) groups excluding carboxylic acids is 1. The Kier molecular flexibility index (Phi) is 6.31. The summed E-state index contributed by atoms with van der Waals surface area (Å²) in [5.74, 6) is 0.689. The number of hydrogen-bond donors (Lipinski definition) is 3. The molecule has 1 rings (SSSR count). The summed E-state index contributed by atoms with van der Waals surface area (Å²) in [7, 11) is 1.58. The third-order valence-electron chi connectivity index (χ3n) is 3.79. The largest absolute Gasteiger partial charge is 0.497 e. The molecular formula is C15H24N2O3. The topological polar surface area (TPSA) is 70.6 Å². The molecule has 0 unspecified atom stereocenters. The Morgan fingerprint density at radius 3 is 2.60 bits per heavy atom. The molecule has 0 heterocycles. The summed E-state index contributed by atoms with van der Waals surface area (Å²) in [5.41, 5.74) is 0.426. The van der Waals surface area contributed by atoms with E-state index >= 15 is 0 Å². The molecule has 1 aromatic rings. The molecule has 112 valence electrons. The zero-order chi connectivity index (χ0) is 15.0. The molecule has 2 amide bonds. The predicted octanol–water partition coefficient (Wildman–Crippen LogP) is 2.62. The van der Waals surface area contributed by atoms with Crippen LogP contribution in [0.2, 0.25) is 0 Å². The first-order valence-electron chi connectivity index (χ1n) is 6.89. The lowest BCUT2D eigenvalue weighted by Gasteiger charge is -2.29. The van der Waals surface area contributed by atoms with Crippen LogP contribution < -0.4 is 15.4 Å². The van der Waals surface area contributed by atoms with Crippen LogP contribution in [-0.4, -0.2) is 31.4 Å². The number of ether oxygens (including phenoxy) is 1. The van der Waals surface area contributed by atoms with Crippen molar-refractivity contribution in [3.63, 3.8) is 0 Å². The summed E-state index contributed by atoms with van der Waals surface area (Å²) in [6.07, 6.45) is 1.64. The second-order valence-corrected chi connectivity index (χ2v) is 4.90. The van der Waals surface area contributed by atoms with Crippen LogP contribution in [0.15, 0.2) is 24.3 Å². The van der Waals surface area contributed by atoms with Crippen LogP contribution in [0.4, 0.5) is 10.5 Å². The monoisotopic (exact) mass is 280 g/mol. The lowest BCUT2D eigenvalue weighted by atomic mass is 9.83. The number of nitrogens with one attached hydrogen (secondary N) is 2. The normalized spacial score (nSPS) is 11.0. The smallest absolute Gasteiger partial charge is 0.319 e. The van der Waals surface area contributed by atoms with E-state index in [1.165, 1.54) is 0 Å². The highest BCUT2D eigenvalue weighted by atomic mass is 16.5. The molecular weight excluding hydrogens is 256 g/mol. The molecule has 3 N–H and O–H groups in total. The fourth-order valence-electron chi connectivity index (χ4n) is 1.92. The van der Waals surface area contributed by atoms with Crippen LogP contribution in [0.25, 0.3) is 0 Å². The van der Waals surface area contributed by atoms with Crippen molar-refractivity contribution in [3.05, 3.63) is 24.3 Å². The summed E-state index contributed by atoms with van der Waals surface area (Å²) in [6.45, 7) is 4.55. The fourth-order valence-corrected chi connectivity index (χ4v) is 1.92. The Morgan fingerprint density at radius 2 is 2.05 bits per heavy atom. The average molecular weight is 280 g/mol. The molecule has 5 heteroatoms. The number of rotatable bonds is 7. The Labute approximate surface area is 120 Å². The van der Waals surface area contributed by atoms with Crippen LogP contribution in [0.1, 0.15) is 26.7 Å². The molecule has 0 spiro atoms. The van der Waals surface area contributed by atoms with E-state index in [0.717, 1.165) is 12.8 Å². The minimum absolute atomic E-state index is 0.0689. The second kappa shape index (κ2) is 7.75. The quantitative estimate of drug-likeness (QED) is 0.719. The summed E-state index contributed by atoms with van der Waals surface area (Å²) in [5, 5.41) is 15.0. The molecule has 0 bridgehead atoms. The zero-order valence-electron chi connectivity index (χ0n) is 12.4. The van der Waals surface area contributed by atoms with E-state index in [9.17, 15) is 9.90 Å². The highest BCUT2D eigenvalue weighted by Gasteiger charge is 2.25. The molecule has 0 saturated heterocycles. The van der Waals surface area contributed by atoms with Crippen LogP contribution in [0.5, 0.6) is 5.75 Å². The highest BCUT2D eigenvalue weighted by molar-refractivity contribution is 5.89. The minimum atomic E-state index is -0.280. The summed E-state index contributed by atoms with van der Waals surface area (Å²) in [4.78, 5) is 11.9. The van der Waals surface area contributed by atoms with Crippen LogP contribution in [0, 0.1) is 5.41 Å². The molecule has 5 nitrogen and oxygen atoms in total. The SMILES string of the molecule is CCC(CC)(CO)CNC(=O)Nc1cccc(OC)c1. The van der Waals surface area contributed by atoms with Crippen LogP contribution in [0.3, 0.4) is 0 Å². The van der Waals surface area contributed by atoms with Crippen molar-refractivity contribution in [1.82, 2.24) is 5.32 Å². The molecule has 0 aliphatic rings. The van der Waals surface area contributed by atoms with Gasteiger partial charge in [-0.3, -0.25) is 0 Å². The average Bonchev–Trinajstić information content (AvgIpc) is 2.49. The molecule has 0 aliphatic heterocycles. The number of aliphatic hydroxyl groups excluding tert-OH is 1. The zero-order valence-corrected chi connectivity index (χ0v) is 12.4. The number of carbonyl (C=O) groups is 1. The first-order chi connectivity index (χ1) is 9.59. The van der Waals surface area contributed by atoms with Crippen molar-refractivity contribution in [2.24, 2.45) is 5.41 Å². The van der Waals surface area contributed by atoms with E-state index in [2.05, 4.69) is 10.6 Å². The van der Waals surface area contributed by atoms with E-state index in [1.807, 2.05) is 26.0 Å². The maximum Gasteiger partial charge on any atom is 0.319 e. The summed E-state index contributed by atoms with van der Waals surface area (Å²) >= 11 is 0. The molecule has 0 atom stereocenters. The van der Waals surface area contributed by atoms with Crippen molar-refractivity contribution in [2.45, 2.75) is 26.7 Å². The van der Waals surface area contributed by atoms with Gasteiger partial charge in [0, 0.05) is 23.7 Å². The molecule has 20 heavy (non-hydrogen) atoms. The lowest BCUT2D eigenvalue weighted by molar-refractivity contribution is 0.116. The van der Waals surface area contributed by atoms with E-state index in [-0.39, 0.29) is 18.1 Å². The van der Waals surface area contributed by atoms with Crippen molar-refractivity contribution in [1.29, 1.82) is 0 Å². The van der Waals surface area contributed by atoms with Crippen molar-refractivity contribution in [2.75, 3.05) is 25.6 Å². The van der Waals surface area contributed by atoms with Gasteiger partial charge in [-0.1, -0.05) is 19.9 Å². The van der Waals surface area contributed by atoms with Gasteiger partial charge in [0.25, 0.3) is 0 Å². The first kappa shape index (κ1) is 16.3. The second-order valence-electron chi connectivity index (χ2n) is 4.90. The predicted molar refractivity (Wildman–Crippen MR) is 80.1 cm³/mol. The maximum atomic E-state index is 11.9. The number of anilines is 1. The Hall–Kier alpha value is -1.75. The lowest BCUT2D eigenvalue weighted by Crippen LogP contribution is -2.41. The minimum Gasteiger partial charge on any atom is -0.497 e. The van der Waals surface area contributed by atoms with Gasteiger partial charge >= 0.3 is 6.03 Å². The van der Waals surface area contributed by atoms with Gasteiger partial charge in [-0.05, 0) is 25.0 Å². The van der Waals surface area contributed by atoms with Gasteiger partial charge in [-0.2, -0.15) is 0 Å². The Morgan fingerprint density at radius 1 is 1.35 bits per heavy atom. The number of urea groups is 1. The molecule has 0 fully saturated rings. The molecule has 0 aromatic heterocycles. The van der Waals surface area contributed by atoms with E-state index in [1.54, 1.807) is 19.2 Å². The summed E-state index contributed by atoms with van der Waals surface area (Å²) in [6, 6.07) is 6.89. The molecule has 0 saturated carbocycles. The van der Waals surface area contributed by atoms with Crippen molar-refractivity contribution >= 4 is 11.7 Å². The van der Waals surface area contributed by atoms with E-state index in [0.29, 0.717) is 18.0 Å². The van der Waals surface area contributed by atoms with Crippen LogP contribution >= 0.6 is 0 Å². The Balaban J connectivity index is 2.55. The van der Waals surface area contributed by atoms with Gasteiger partial charge in [0.15, 0.2) is 0 Å². The third-order valence-corrected chi connectivity index (χ3v) is 3.79.